The monoisotopic (exact) mass is 455 g/mol. The summed E-state index contributed by atoms with van der Waals surface area (Å²) in [6, 6.07) is 8.23. The van der Waals surface area contributed by atoms with Crippen molar-refractivity contribution >= 4 is 11.8 Å². The molecule has 2 aliphatic rings. The molecule has 2 aliphatic heterocycles. The molecule has 6 nitrogen and oxygen atoms in total. The topological polar surface area (TPSA) is 61.9 Å². The molecule has 33 heavy (non-hydrogen) atoms. The lowest BCUT2D eigenvalue weighted by atomic mass is 9.82. The molecule has 3 rings (SSSR count). The average molecular weight is 456 g/mol. The van der Waals surface area contributed by atoms with E-state index in [4.69, 9.17) is 4.74 Å². The van der Waals surface area contributed by atoms with Crippen molar-refractivity contribution in [3.8, 4) is 5.75 Å². The van der Waals surface area contributed by atoms with Crippen molar-refractivity contribution < 1.29 is 14.3 Å². The molecule has 2 bridgehead atoms. The van der Waals surface area contributed by atoms with Gasteiger partial charge in [0.05, 0.1) is 6.54 Å². The van der Waals surface area contributed by atoms with Crippen LogP contribution < -0.4 is 10.1 Å². The second-order valence-electron chi connectivity index (χ2n) is 11.0. The molecule has 0 radical (unpaired) electrons. The first-order valence-corrected chi connectivity index (χ1v) is 12.3. The number of amides is 2. The Morgan fingerprint density at radius 1 is 1.21 bits per heavy atom. The van der Waals surface area contributed by atoms with Crippen molar-refractivity contribution in [3.05, 3.63) is 42.0 Å². The minimum Gasteiger partial charge on any atom is -0.489 e. The summed E-state index contributed by atoms with van der Waals surface area (Å²) in [6.45, 7) is 14.3. The maximum atomic E-state index is 13.4. The minimum absolute atomic E-state index is 0.0743. The standard InChI is InChI=1S/C27H41N3O3/c1-20(2)28-25(31)15-21-12-13-30-17-22(21)10-8-14-33-24-11-7-6-9-23(24)16-29(18-26(30)32)19-27(3,4)5/h6-11,20-22H,12-19H2,1-5H3,(H,28,31)/b10-8-/t21-,22-/m0/s1. The highest BCUT2D eigenvalue weighted by Crippen LogP contribution is 2.29. The summed E-state index contributed by atoms with van der Waals surface area (Å²) >= 11 is 0. The Balaban J connectivity index is 1.82. The summed E-state index contributed by atoms with van der Waals surface area (Å²) in [4.78, 5) is 30.0. The number of hydrogen-bond acceptors (Lipinski definition) is 4. The van der Waals surface area contributed by atoms with Crippen LogP contribution >= 0.6 is 0 Å². The lowest BCUT2D eigenvalue weighted by molar-refractivity contribution is -0.135. The predicted molar refractivity (Wildman–Crippen MR) is 132 cm³/mol. The van der Waals surface area contributed by atoms with Crippen molar-refractivity contribution in [2.75, 3.05) is 32.8 Å². The second kappa shape index (κ2) is 11.2. The number of fused-ring (bicyclic) bond motifs is 3. The Morgan fingerprint density at radius 3 is 2.70 bits per heavy atom. The number of nitrogens with one attached hydrogen (secondary N) is 1. The molecule has 2 amide bonds. The molecule has 1 aromatic rings. The van der Waals surface area contributed by atoms with Gasteiger partial charge in [-0.25, -0.2) is 0 Å². The number of para-hydroxylation sites is 1. The third kappa shape index (κ3) is 7.88. The number of benzene rings is 1. The van der Waals surface area contributed by atoms with E-state index < -0.39 is 0 Å². The highest BCUT2D eigenvalue weighted by Gasteiger charge is 2.32. The molecule has 2 heterocycles. The molecule has 0 aliphatic carbocycles. The Bertz CT molecular complexity index is 843. The van der Waals surface area contributed by atoms with Gasteiger partial charge in [-0.1, -0.05) is 51.1 Å². The maximum Gasteiger partial charge on any atom is 0.236 e. The quantitative estimate of drug-likeness (QED) is 0.701. The van der Waals surface area contributed by atoms with Crippen molar-refractivity contribution in [2.24, 2.45) is 17.3 Å². The summed E-state index contributed by atoms with van der Waals surface area (Å²) in [5, 5.41) is 3.01. The molecule has 0 spiro atoms. The lowest BCUT2D eigenvalue weighted by Crippen LogP contribution is -2.48. The van der Waals surface area contributed by atoms with Gasteiger partial charge in [-0.05, 0) is 43.6 Å². The van der Waals surface area contributed by atoms with Crippen LogP contribution in [0.15, 0.2) is 36.4 Å². The van der Waals surface area contributed by atoms with Crippen LogP contribution in [0, 0.1) is 17.3 Å². The molecule has 0 saturated carbocycles. The highest BCUT2D eigenvalue weighted by atomic mass is 16.5. The molecule has 0 unspecified atom stereocenters. The van der Waals surface area contributed by atoms with E-state index in [1.165, 1.54) is 0 Å². The maximum absolute atomic E-state index is 13.4. The molecule has 1 N–H and O–H groups in total. The first kappa shape index (κ1) is 25.3. The molecular weight excluding hydrogens is 414 g/mol. The van der Waals surface area contributed by atoms with Gasteiger partial charge >= 0.3 is 0 Å². The number of hydrogen-bond donors (Lipinski definition) is 1. The Hall–Kier alpha value is -2.34. The third-order valence-electron chi connectivity index (χ3n) is 6.20. The number of rotatable bonds is 4. The second-order valence-corrected chi connectivity index (χ2v) is 11.0. The summed E-state index contributed by atoms with van der Waals surface area (Å²) < 4.78 is 6.12. The van der Waals surface area contributed by atoms with E-state index in [0.29, 0.717) is 39.2 Å². The van der Waals surface area contributed by atoms with Gasteiger partial charge in [0.2, 0.25) is 11.8 Å². The van der Waals surface area contributed by atoms with Gasteiger partial charge in [0.1, 0.15) is 12.4 Å². The van der Waals surface area contributed by atoms with Crippen molar-refractivity contribution in [1.29, 1.82) is 0 Å². The molecule has 1 saturated heterocycles. The van der Waals surface area contributed by atoms with Crippen LogP contribution in [0.2, 0.25) is 0 Å². The van der Waals surface area contributed by atoms with Crippen LogP contribution in [0.1, 0.15) is 53.0 Å². The molecule has 182 valence electrons. The Labute approximate surface area is 199 Å². The average Bonchev–Trinajstić information content (AvgIpc) is 2.71. The number of carbonyl (C=O) groups excluding carboxylic acids is 2. The van der Waals surface area contributed by atoms with Gasteiger partial charge in [-0.3, -0.25) is 14.5 Å². The molecule has 2 atom stereocenters. The zero-order valence-corrected chi connectivity index (χ0v) is 21.0. The number of carbonyl (C=O) groups is 2. The largest absolute Gasteiger partial charge is 0.489 e. The van der Waals surface area contributed by atoms with E-state index in [0.717, 1.165) is 24.3 Å². The van der Waals surface area contributed by atoms with E-state index >= 15 is 0 Å². The fraction of sp³-hybridized carbons (Fsp3) is 0.630. The smallest absolute Gasteiger partial charge is 0.236 e. The lowest BCUT2D eigenvalue weighted by Gasteiger charge is -2.38. The van der Waals surface area contributed by atoms with Crippen LogP contribution in [0.25, 0.3) is 0 Å². The summed E-state index contributed by atoms with van der Waals surface area (Å²) in [6.07, 6.45) is 5.54. The van der Waals surface area contributed by atoms with Gasteiger partial charge in [0.15, 0.2) is 0 Å². The number of nitrogens with zero attached hydrogens (tertiary/aromatic N) is 2. The Morgan fingerprint density at radius 2 is 1.97 bits per heavy atom. The highest BCUT2D eigenvalue weighted by molar-refractivity contribution is 5.79. The van der Waals surface area contributed by atoms with Crippen molar-refractivity contribution in [2.45, 2.75) is 60.0 Å². The fourth-order valence-corrected chi connectivity index (χ4v) is 4.86. The Kier molecular flexibility index (Phi) is 8.57. The number of piperidine rings is 1. The van der Waals surface area contributed by atoms with E-state index in [1.54, 1.807) is 0 Å². The normalized spacial score (nSPS) is 23.6. The molecule has 1 aromatic carbocycles. The van der Waals surface area contributed by atoms with E-state index in [-0.39, 0.29) is 35.1 Å². The molecular formula is C27H41N3O3. The van der Waals surface area contributed by atoms with Crippen LogP contribution in [0.3, 0.4) is 0 Å². The molecule has 0 aromatic heterocycles. The van der Waals surface area contributed by atoms with Crippen LogP contribution in [-0.4, -0.2) is 60.4 Å². The van der Waals surface area contributed by atoms with Gasteiger partial charge in [-0.15, -0.1) is 0 Å². The first-order chi connectivity index (χ1) is 15.6. The number of ether oxygens (including phenoxy) is 1. The zero-order chi connectivity index (χ0) is 24.0. The van der Waals surface area contributed by atoms with Crippen molar-refractivity contribution in [3.63, 3.8) is 0 Å². The van der Waals surface area contributed by atoms with Gasteiger partial charge in [0.25, 0.3) is 0 Å². The van der Waals surface area contributed by atoms with Gasteiger partial charge in [0, 0.05) is 44.2 Å². The van der Waals surface area contributed by atoms with Crippen LogP contribution in [0.4, 0.5) is 0 Å². The predicted octanol–water partition coefficient (Wildman–Crippen LogP) is 3.86. The minimum atomic E-state index is 0.0743. The summed E-state index contributed by atoms with van der Waals surface area (Å²) in [7, 11) is 0. The van der Waals surface area contributed by atoms with E-state index in [1.807, 2.05) is 43.0 Å². The summed E-state index contributed by atoms with van der Waals surface area (Å²) in [5.41, 5.74) is 1.17. The van der Waals surface area contributed by atoms with Crippen LogP contribution in [0.5, 0.6) is 5.75 Å². The molecule has 6 heteroatoms. The zero-order valence-electron chi connectivity index (χ0n) is 21.0. The summed E-state index contributed by atoms with van der Waals surface area (Å²) in [5.74, 6) is 1.50. The van der Waals surface area contributed by atoms with Gasteiger partial charge in [-0.2, -0.15) is 0 Å². The molecule has 1 fully saturated rings. The first-order valence-electron chi connectivity index (χ1n) is 12.3. The SMILES string of the molecule is CC(C)NC(=O)C[C@@H]1CCN2C[C@@H]1/C=C\COc1ccccc1CN(CC(C)(C)C)CC2=O. The fourth-order valence-electron chi connectivity index (χ4n) is 4.86. The van der Waals surface area contributed by atoms with Gasteiger partial charge < -0.3 is 15.0 Å². The van der Waals surface area contributed by atoms with E-state index in [2.05, 4.69) is 43.1 Å². The van der Waals surface area contributed by atoms with Crippen LogP contribution in [-0.2, 0) is 16.1 Å². The van der Waals surface area contributed by atoms with E-state index in [9.17, 15) is 9.59 Å². The third-order valence-corrected chi connectivity index (χ3v) is 6.20. The van der Waals surface area contributed by atoms with Crippen molar-refractivity contribution in [1.82, 2.24) is 15.1 Å².